The van der Waals surface area contributed by atoms with Crippen LogP contribution in [0, 0.1) is 5.82 Å². The van der Waals surface area contributed by atoms with Gasteiger partial charge in [0, 0.05) is 24.3 Å². The highest BCUT2D eigenvalue weighted by Gasteiger charge is 2.13. The van der Waals surface area contributed by atoms with Gasteiger partial charge in [0.15, 0.2) is 5.82 Å². The lowest BCUT2D eigenvalue weighted by Crippen LogP contribution is -2.14. The molecule has 4 nitrogen and oxygen atoms in total. The zero-order valence-electron chi connectivity index (χ0n) is 8.95. The summed E-state index contributed by atoms with van der Waals surface area (Å²) in [6.45, 7) is 0. The maximum atomic E-state index is 13.4. The maximum absolute atomic E-state index is 13.4. The van der Waals surface area contributed by atoms with Crippen molar-refractivity contribution >= 4 is 23.3 Å². The Morgan fingerprint density at radius 2 is 2.24 bits per heavy atom. The van der Waals surface area contributed by atoms with Gasteiger partial charge in [-0.1, -0.05) is 11.6 Å². The van der Waals surface area contributed by atoms with Gasteiger partial charge in [-0.2, -0.15) is 5.10 Å². The van der Waals surface area contributed by atoms with Gasteiger partial charge in [-0.15, -0.1) is 0 Å². The molecule has 2 aromatic rings. The third kappa shape index (κ3) is 2.62. The van der Waals surface area contributed by atoms with E-state index in [1.54, 1.807) is 19.3 Å². The van der Waals surface area contributed by atoms with Gasteiger partial charge in [0.2, 0.25) is 0 Å². The number of carbonyl (C=O) groups is 1. The number of anilines is 1. The monoisotopic (exact) mass is 253 g/mol. The first kappa shape index (κ1) is 11.6. The molecule has 1 aromatic carbocycles. The van der Waals surface area contributed by atoms with Crippen LogP contribution in [0.1, 0.15) is 10.4 Å². The first-order valence-corrected chi connectivity index (χ1v) is 5.20. The molecule has 6 heteroatoms. The van der Waals surface area contributed by atoms with Crippen LogP contribution in [-0.4, -0.2) is 15.7 Å². The lowest BCUT2D eigenvalue weighted by molar-refractivity contribution is 0.102. The fourth-order valence-corrected chi connectivity index (χ4v) is 1.51. The largest absolute Gasteiger partial charge is 0.305 e. The van der Waals surface area contributed by atoms with Gasteiger partial charge < -0.3 is 5.32 Å². The summed E-state index contributed by atoms with van der Waals surface area (Å²) in [5.41, 5.74) is -0.108. The fraction of sp³-hybridized carbons (Fsp3) is 0.0909. The van der Waals surface area contributed by atoms with E-state index in [-0.39, 0.29) is 5.56 Å². The summed E-state index contributed by atoms with van der Waals surface area (Å²) in [6.07, 6.45) is 1.67. The average Bonchev–Trinajstić information content (AvgIpc) is 2.67. The van der Waals surface area contributed by atoms with Crippen LogP contribution in [0.4, 0.5) is 10.2 Å². The highest BCUT2D eigenvalue weighted by molar-refractivity contribution is 6.31. The quantitative estimate of drug-likeness (QED) is 0.894. The molecule has 0 bridgehead atoms. The molecule has 0 aliphatic heterocycles. The van der Waals surface area contributed by atoms with Crippen molar-refractivity contribution in [1.29, 1.82) is 0 Å². The molecule has 17 heavy (non-hydrogen) atoms. The highest BCUT2D eigenvalue weighted by atomic mass is 35.5. The molecule has 0 aliphatic carbocycles. The van der Waals surface area contributed by atoms with E-state index in [1.165, 1.54) is 16.8 Å². The van der Waals surface area contributed by atoms with Crippen molar-refractivity contribution in [2.75, 3.05) is 5.32 Å². The second-order valence-corrected chi connectivity index (χ2v) is 3.89. The third-order valence-corrected chi connectivity index (χ3v) is 2.36. The van der Waals surface area contributed by atoms with Crippen LogP contribution >= 0.6 is 11.6 Å². The van der Waals surface area contributed by atoms with E-state index in [1.807, 2.05) is 0 Å². The summed E-state index contributed by atoms with van der Waals surface area (Å²) in [4.78, 5) is 11.7. The van der Waals surface area contributed by atoms with Crippen molar-refractivity contribution in [1.82, 2.24) is 9.78 Å². The molecule has 0 radical (unpaired) electrons. The highest BCUT2D eigenvalue weighted by Crippen LogP contribution is 2.16. The van der Waals surface area contributed by atoms with Gasteiger partial charge in [0.25, 0.3) is 5.91 Å². The Kier molecular flexibility index (Phi) is 3.10. The minimum atomic E-state index is -0.622. The number of amides is 1. The second-order valence-electron chi connectivity index (χ2n) is 3.45. The minimum Gasteiger partial charge on any atom is -0.305 e. The Morgan fingerprint density at radius 3 is 2.88 bits per heavy atom. The summed E-state index contributed by atoms with van der Waals surface area (Å²) in [6, 6.07) is 5.42. The van der Waals surface area contributed by atoms with Crippen molar-refractivity contribution in [2.24, 2.45) is 7.05 Å². The summed E-state index contributed by atoms with van der Waals surface area (Å²) in [5, 5.41) is 6.74. The number of benzene rings is 1. The number of carbonyl (C=O) groups excluding carboxylic acids is 1. The van der Waals surface area contributed by atoms with Crippen LogP contribution < -0.4 is 5.32 Å². The number of rotatable bonds is 2. The van der Waals surface area contributed by atoms with Crippen LogP contribution in [0.15, 0.2) is 30.5 Å². The first-order chi connectivity index (χ1) is 8.06. The number of aryl methyl sites for hydroxylation is 1. The summed E-state index contributed by atoms with van der Waals surface area (Å²) >= 11 is 5.70. The Bertz CT molecular complexity index is 568. The molecule has 0 aliphatic rings. The molecule has 0 spiro atoms. The van der Waals surface area contributed by atoms with E-state index >= 15 is 0 Å². The molecule has 0 atom stereocenters. The van der Waals surface area contributed by atoms with E-state index in [9.17, 15) is 9.18 Å². The first-order valence-electron chi connectivity index (χ1n) is 4.82. The lowest BCUT2D eigenvalue weighted by Gasteiger charge is -2.03. The standard InChI is InChI=1S/C11H9ClFN3O/c1-16-5-4-10(15-16)14-11(17)8-6-7(12)2-3-9(8)13/h2-6H,1H3,(H,14,15,17). The Balaban J connectivity index is 2.22. The van der Waals surface area contributed by atoms with Gasteiger partial charge in [0.1, 0.15) is 5.82 Å². The Hall–Kier alpha value is -1.88. The molecule has 1 aromatic heterocycles. The number of hydrogen-bond acceptors (Lipinski definition) is 2. The van der Waals surface area contributed by atoms with E-state index in [4.69, 9.17) is 11.6 Å². The molecule has 1 N–H and O–H groups in total. The Labute approximate surface area is 102 Å². The summed E-state index contributed by atoms with van der Waals surface area (Å²) in [7, 11) is 1.72. The molecule has 1 heterocycles. The molecule has 0 saturated heterocycles. The van der Waals surface area contributed by atoms with E-state index in [0.717, 1.165) is 6.07 Å². The molecule has 1 amide bonds. The van der Waals surface area contributed by atoms with Crippen LogP contribution in [0.3, 0.4) is 0 Å². The van der Waals surface area contributed by atoms with Crippen molar-refractivity contribution in [3.05, 3.63) is 46.9 Å². The smallest absolute Gasteiger partial charge is 0.259 e. The minimum absolute atomic E-state index is 0.108. The Morgan fingerprint density at radius 1 is 1.47 bits per heavy atom. The van der Waals surface area contributed by atoms with Crippen molar-refractivity contribution in [3.8, 4) is 0 Å². The van der Waals surface area contributed by atoms with Gasteiger partial charge in [-0.05, 0) is 18.2 Å². The van der Waals surface area contributed by atoms with Gasteiger partial charge in [-0.3, -0.25) is 9.48 Å². The second kappa shape index (κ2) is 4.55. The zero-order chi connectivity index (χ0) is 12.4. The van der Waals surface area contributed by atoms with Gasteiger partial charge >= 0.3 is 0 Å². The molecule has 0 saturated carbocycles. The predicted octanol–water partition coefficient (Wildman–Crippen LogP) is 2.46. The van der Waals surface area contributed by atoms with Crippen molar-refractivity contribution in [3.63, 3.8) is 0 Å². The van der Waals surface area contributed by atoms with Crippen LogP contribution in [0.5, 0.6) is 0 Å². The number of halogens is 2. The maximum Gasteiger partial charge on any atom is 0.259 e. The number of nitrogens with zero attached hydrogens (tertiary/aromatic N) is 2. The van der Waals surface area contributed by atoms with Gasteiger partial charge in [0.05, 0.1) is 5.56 Å². The molecule has 2 rings (SSSR count). The van der Waals surface area contributed by atoms with E-state index < -0.39 is 11.7 Å². The van der Waals surface area contributed by atoms with Gasteiger partial charge in [-0.25, -0.2) is 4.39 Å². The van der Waals surface area contributed by atoms with Crippen molar-refractivity contribution in [2.45, 2.75) is 0 Å². The molecular formula is C11H9ClFN3O. The third-order valence-electron chi connectivity index (χ3n) is 2.13. The van der Waals surface area contributed by atoms with Crippen LogP contribution in [-0.2, 0) is 7.05 Å². The summed E-state index contributed by atoms with van der Waals surface area (Å²) < 4.78 is 14.9. The molecule has 88 valence electrons. The van der Waals surface area contributed by atoms with E-state index in [2.05, 4.69) is 10.4 Å². The van der Waals surface area contributed by atoms with Crippen LogP contribution in [0.25, 0.3) is 0 Å². The van der Waals surface area contributed by atoms with Crippen molar-refractivity contribution < 1.29 is 9.18 Å². The number of nitrogens with one attached hydrogen (secondary N) is 1. The number of aromatic nitrogens is 2. The van der Waals surface area contributed by atoms with E-state index in [0.29, 0.717) is 10.8 Å². The predicted molar refractivity (Wildman–Crippen MR) is 62.6 cm³/mol. The average molecular weight is 254 g/mol. The normalized spacial score (nSPS) is 10.3. The zero-order valence-corrected chi connectivity index (χ0v) is 9.70. The topological polar surface area (TPSA) is 46.9 Å². The molecule has 0 unspecified atom stereocenters. The molecular weight excluding hydrogens is 245 g/mol. The number of hydrogen-bond donors (Lipinski definition) is 1. The lowest BCUT2D eigenvalue weighted by atomic mass is 10.2. The fourth-order valence-electron chi connectivity index (χ4n) is 1.34. The SMILES string of the molecule is Cn1ccc(NC(=O)c2cc(Cl)ccc2F)n1. The van der Waals surface area contributed by atoms with Crippen LogP contribution in [0.2, 0.25) is 5.02 Å². The molecule has 0 fully saturated rings. The summed E-state index contributed by atoms with van der Waals surface area (Å²) in [5.74, 6) is -0.844.